The molecule has 112 valence electrons. The molecule has 21 heavy (non-hydrogen) atoms. The maximum atomic E-state index is 12.1. The highest BCUT2D eigenvalue weighted by Gasteiger charge is 2.14. The van der Waals surface area contributed by atoms with Crippen LogP contribution in [0.1, 0.15) is 26.2 Å². The molecule has 1 aromatic heterocycles. The minimum Gasteiger partial charge on any atom is -0.327 e. The van der Waals surface area contributed by atoms with Gasteiger partial charge in [0.15, 0.2) is 0 Å². The Labute approximate surface area is 128 Å². The van der Waals surface area contributed by atoms with Crippen LogP contribution >= 0.6 is 11.6 Å². The van der Waals surface area contributed by atoms with Crippen molar-refractivity contribution in [3.8, 4) is 5.69 Å². The van der Waals surface area contributed by atoms with Gasteiger partial charge in [-0.15, -0.1) is 0 Å². The zero-order valence-electron chi connectivity index (χ0n) is 11.8. The van der Waals surface area contributed by atoms with Crippen LogP contribution in [-0.4, -0.2) is 26.7 Å². The molecular weight excluding hydrogens is 290 g/mol. The van der Waals surface area contributed by atoms with Gasteiger partial charge in [-0.25, -0.2) is 9.67 Å². The maximum Gasteiger partial charge on any atom is 0.225 e. The van der Waals surface area contributed by atoms with Crippen LogP contribution in [0.5, 0.6) is 0 Å². The standard InChI is InChI=1S/C14H18ClN5O/c1-2-4-10(16)7-13(21)19-12-6-3-5-11(15)14(12)20-9-17-8-18-20/h3,5-6,8-10H,2,4,7,16H2,1H3,(H,19,21). The van der Waals surface area contributed by atoms with E-state index in [1.807, 2.05) is 6.92 Å². The van der Waals surface area contributed by atoms with E-state index < -0.39 is 0 Å². The number of nitrogens with zero attached hydrogens (tertiary/aromatic N) is 3. The SMILES string of the molecule is CCCC(N)CC(=O)Nc1cccc(Cl)c1-n1cncn1. The summed E-state index contributed by atoms with van der Waals surface area (Å²) in [4.78, 5) is 15.9. The van der Waals surface area contributed by atoms with Gasteiger partial charge in [-0.2, -0.15) is 5.10 Å². The van der Waals surface area contributed by atoms with Crippen LogP contribution < -0.4 is 11.1 Å². The van der Waals surface area contributed by atoms with E-state index in [1.165, 1.54) is 17.3 Å². The van der Waals surface area contributed by atoms with E-state index in [-0.39, 0.29) is 18.4 Å². The maximum absolute atomic E-state index is 12.1. The third kappa shape index (κ3) is 4.03. The molecule has 0 saturated carbocycles. The predicted octanol–water partition coefficient (Wildman–Crippen LogP) is 2.38. The number of carbonyl (C=O) groups excluding carboxylic acids is 1. The van der Waals surface area contributed by atoms with E-state index in [0.29, 0.717) is 16.4 Å². The summed E-state index contributed by atoms with van der Waals surface area (Å²) in [6.07, 6.45) is 4.98. The average Bonchev–Trinajstić information content (AvgIpc) is 2.92. The first-order chi connectivity index (χ1) is 10.1. The van der Waals surface area contributed by atoms with Crippen molar-refractivity contribution in [1.29, 1.82) is 0 Å². The third-order valence-corrected chi connectivity index (χ3v) is 3.32. The number of hydrogen-bond donors (Lipinski definition) is 2. The molecule has 3 N–H and O–H groups in total. The van der Waals surface area contributed by atoms with Gasteiger partial charge in [0.2, 0.25) is 5.91 Å². The molecule has 0 spiro atoms. The summed E-state index contributed by atoms with van der Waals surface area (Å²) >= 11 is 6.20. The van der Waals surface area contributed by atoms with Crippen molar-refractivity contribution in [2.75, 3.05) is 5.32 Å². The molecule has 0 fully saturated rings. The summed E-state index contributed by atoms with van der Waals surface area (Å²) in [5, 5.41) is 7.37. The van der Waals surface area contributed by atoms with Gasteiger partial charge in [0.25, 0.3) is 0 Å². The van der Waals surface area contributed by atoms with Crippen molar-refractivity contribution in [3.63, 3.8) is 0 Å². The average molecular weight is 308 g/mol. The van der Waals surface area contributed by atoms with Crippen LogP contribution in [-0.2, 0) is 4.79 Å². The summed E-state index contributed by atoms with van der Waals surface area (Å²) in [6.45, 7) is 2.04. The quantitative estimate of drug-likeness (QED) is 0.858. The van der Waals surface area contributed by atoms with E-state index in [4.69, 9.17) is 17.3 Å². The van der Waals surface area contributed by atoms with E-state index in [0.717, 1.165) is 12.8 Å². The van der Waals surface area contributed by atoms with Gasteiger partial charge in [0, 0.05) is 12.5 Å². The first-order valence-corrected chi connectivity index (χ1v) is 7.18. The molecular formula is C14H18ClN5O. The smallest absolute Gasteiger partial charge is 0.225 e. The Morgan fingerprint density at radius 2 is 2.33 bits per heavy atom. The van der Waals surface area contributed by atoms with Crippen LogP contribution in [0.3, 0.4) is 0 Å². The number of rotatable bonds is 6. The van der Waals surface area contributed by atoms with Gasteiger partial charge in [-0.05, 0) is 18.6 Å². The second-order valence-corrected chi connectivity index (χ2v) is 5.18. The third-order valence-electron chi connectivity index (χ3n) is 3.02. The number of benzene rings is 1. The minimum absolute atomic E-state index is 0.135. The largest absolute Gasteiger partial charge is 0.327 e. The number of aromatic nitrogens is 3. The first kappa shape index (κ1) is 15.5. The van der Waals surface area contributed by atoms with Gasteiger partial charge in [-0.3, -0.25) is 4.79 Å². The summed E-state index contributed by atoms with van der Waals surface area (Å²) < 4.78 is 1.52. The lowest BCUT2D eigenvalue weighted by Crippen LogP contribution is -2.27. The highest BCUT2D eigenvalue weighted by molar-refractivity contribution is 6.33. The lowest BCUT2D eigenvalue weighted by atomic mass is 10.1. The number of anilines is 1. The van der Waals surface area contributed by atoms with Crippen LogP contribution in [0, 0.1) is 0 Å². The van der Waals surface area contributed by atoms with Crippen molar-refractivity contribution in [2.45, 2.75) is 32.2 Å². The second-order valence-electron chi connectivity index (χ2n) is 4.78. The van der Waals surface area contributed by atoms with E-state index in [2.05, 4.69) is 15.4 Å². The monoisotopic (exact) mass is 307 g/mol. The Morgan fingerprint density at radius 1 is 1.52 bits per heavy atom. The molecule has 2 rings (SSSR count). The van der Waals surface area contributed by atoms with Gasteiger partial charge in [0.1, 0.15) is 18.3 Å². The van der Waals surface area contributed by atoms with E-state index >= 15 is 0 Å². The number of carbonyl (C=O) groups is 1. The molecule has 0 aliphatic carbocycles. The number of halogens is 1. The molecule has 0 aliphatic rings. The molecule has 1 heterocycles. The lowest BCUT2D eigenvalue weighted by molar-refractivity contribution is -0.116. The molecule has 0 bridgehead atoms. The molecule has 1 amide bonds. The van der Waals surface area contributed by atoms with E-state index in [9.17, 15) is 4.79 Å². The molecule has 2 aromatic rings. The van der Waals surface area contributed by atoms with Crippen LogP contribution in [0.25, 0.3) is 5.69 Å². The van der Waals surface area contributed by atoms with Crippen molar-refractivity contribution in [2.24, 2.45) is 5.73 Å². The van der Waals surface area contributed by atoms with Gasteiger partial charge in [0.05, 0.1) is 10.7 Å². The number of para-hydroxylation sites is 1. The van der Waals surface area contributed by atoms with Gasteiger partial charge >= 0.3 is 0 Å². The van der Waals surface area contributed by atoms with Crippen LogP contribution in [0.15, 0.2) is 30.9 Å². The Morgan fingerprint density at radius 3 is 3.00 bits per heavy atom. The molecule has 7 heteroatoms. The predicted molar refractivity (Wildman–Crippen MR) is 82.5 cm³/mol. The number of hydrogen-bond acceptors (Lipinski definition) is 4. The normalized spacial score (nSPS) is 12.1. The summed E-state index contributed by atoms with van der Waals surface area (Å²) in [5.41, 5.74) is 7.06. The fourth-order valence-electron chi connectivity index (χ4n) is 2.08. The van der Waals surface area contributed by atoms with Crippen LogP contribution in [0.4, 0.5) is 5.69 Å². The Hall–Kier alpha value is -1.92. The fourth-order valence-corrected chi connectivity index (χ4v) is 2.35. The molecule has 6 nitrogen and oxygen atoms in total. The topological polar surface area (TPSA) is 85.8 Å². The highest BCUT2D eigenvalue weighted by Crippen LogP contribution is 2.27. The Kier molecular flexibility index (Phi) is 5.30. The summed E-state index contributed by atoms with van der Waals surface area (Å²) in [7, 11) is 0. The zero-order chi connectivity index (χ0) is 15.2. The van der Waals surface area contributed by atoms with Crippen molar-refractivity contribution >= 4 is 23.2 Å². The Bertz CT molecular complexity index is 599. The first-order valence-electron chi connectivity index (χ1n) is 6.80. The number of amides is 1. The van der Waals surface area contributed by atoms with Crippen molar-refractivity contribution < 1.29 is 4.79 Å². The molecule has 0 aliphatic heterocycles. The molecule has 1 atom stereocenters. The second kappa shape index (κ2) is 7.19. The minimum atomic E-state index is -0.139. The Balaban J connectivity index is 2.17. The van der Waals surface area contributed by atoms with Gasteiger partial charge < -0.3 is 11.1 Å². The number of nitrogens with two attached hydrogens (primary N) is 1. The van der Waals surface area contributed by atoms with Crippen molar-refractivity contribution in [3.05, 3.63) is 35.9 Å². The molecule has 0 radical (unpaired) electrons. The summed E-state index contributed by atoms with van der Waals surface area (Å²) in [5.74, 6) is -0.139. The molecule has 1 unspecified atom stereocenters. The summed E-state index contributed by atoms with van der Waals surface area (Å²) in [6, 6.07) is 5.14. The molecule has 0 saturated heterocycles. The fraction of sp³-hybridized carbons (Fsp3) is 0.357. The lowest BCUT2D eigenvalue weighted by Gasteiger charge is -2.14. The van der Waals surface area contributed by atoms with Crippen molar-refractivity contribution in [1.82, 2.24) is 14.8 Å². The highest BCUT2D eigenvalue weighted by atomic mass is 35.5. The number of nitrogens with one attached hydrogen (secondary N) is 1. The van der Waals surface area contributed by atoms with Crippen LogP contribution in [0.2, 0.25) is 5.02 Å². The molecule has 1 aromatic carbocycles. The van der Waals surface area contributed by atoms with Gasteiger partial charge in [-0.1, -0.05) is 31.0 Å². The van der Waals surface area contributed by atoms with E-state index in [1.54, 1.807) is 18.2 Å². The zero-order valence-corrected chi connectivity index (χ0v) is 12.5.